The second kappa shape index (κ2) is 4.47. The van der Waals surface area contributed by atoms with Crippen molar-refractivity contribution >= 4 is 5.91 Å². The highest BCUT2D eigenvalue weighted by Crippen LogP contribution is 2.25. The van der Waals surface area contributed by atoms with E-state index in [0.29, 0.717) is 12.1 Å². The maximum atomic E-state index is 12.3. The molecule has 0 spiro atoms. The van der Waals surface area contributed by atoms with Crippen molar-refractivity contribution < 1.29 is 15.0 Å². The van der Waals surface area contributed by atoms with E-state index in [-0.39, 0.29) is 19.1 Å². The number of rotatable bonds is 3. The maximum absolute atomic E-state index is 12.3. The number of hydrogen-bond acceptors (Lipinski definition) is 3. The summed E-state index contributed by atoms with van der Waals surface area (Å²) in [7, 11) is 0. The normalized spacial score (nSPS) is 15.9. The van der Waals surface area contributed by atoms with Crippen LogP contribution in [0, 0.1) is 0 Å². The summed E-state index contributed by atoms with van der Waals surface area (Å²) in [4.78, 5) is 13.8. The molecule has 2 rings (SSSR count). The fourth-order valence-corrected chi connectivity index (χ4v) is 2.16. The van der Waals surface area contributed by atoms with Gasteiger partial charge >= 0.3 is 0 Å². The quantitative estimate of drug-likeness (QED) is 0.798. The SMILES string of the molecule is CC(CO)(CO)N1CCc2ccccc2C1=O. The lowest BCUT2D eigenvalue weighted by atomic mass is 9.93. The van der Waals surface area contributed by atoms with E-state index < -0.39 is 5.54 Å². The Morgan fingerprint density at radius 1 is 1.29 bits per heavy atom. The van der Waals surface area contributed by atoms with E-state index in [2.05, 4.69) is 0 Å². The van der Waals surface area contributed by atoms with Gasteiger partial charge in [-0.25, -0.2) is 0 Å². The molecule has 0 unspecified atom stereocenters. The van der Waals surface area contributed by atoms with Gasteiger partial charge in [-0.15, -0.1) is 0 Å². The van der Waals surface area contributed by atoms with Gasteiger partial charge in [0.15, 0.2) is 0 Å². The molecule has 2 N–H and O–H groups in total. The number of carbonyl (C=O) groups excluding carboxylic acids is 1. The topological polar surface area (TPSA) is 60.8 Å². The lowest BCUT2D eigenvalue weighted by molar-refractivity contribution is 0.00191. The first-order chi connectivity index (χ1) is 8.12. The van der Waals surface area contributed by atoms with Gasteiger partial charge < -0.3 is 15.1 Å². The molecule has 1 aliphatic rings. The Morgan fingerprint density at radius 3 is 2.59 bits per heavy atom. The zero-order valence-electron chi connectivity index (χ0n) is 9.89. The van der Waals surface area contributed by atoms with Crippen LogP contribution < -0.4 is 0 Å². The molecule has 4 nitrogen and oxygen atoms in total. The molecule has 92 valence electrons. The van der Waals surface area contributed by atoms with Crippen LogP contribution in [0.2, 0.25) is 0 Å². The Hall–Kier alpha value is -1.39. The van der Waals surface area contributed by atoms with Crippen molar-refractivity contribution in [2.75, 3.05) is 19.8 Å². The summed E-state index contributed by atoms with van der Waals surface area (Å²) in [6.45, 7) is 1.75. The van der Waals surface area contributed by atoms with Crippen LogP contribution in [-0.4, -0.2) is 46.3 Å². The highest BCUT2D eigenvalue weighted by molar-refractivity contribution is 5.97. The highest BCUT2D eigenvalue weighted by Gasteiger charge is 2.37. The standard InChI is InChI=1S/C13H17NO3/c1-13(8-15,9-16)14-7-6-10-4-2-3-5-11(10)12(14)17/h2-5,15-16H,6-9H2,1H3. The number of benzene rings is 1. The third kappa shape index (κ3) is 1.94. The van der Waals surface area contributed by atoms with Crippen LogP contribution in [0.1, 0.15) is 22.8 Å². The molecule has 0 atom stereocenters. The molecular formula is C13H17NO3. The van der Waals surface area contributed by atoms with Crippen LogP contribution in [0.15, 0.2) is 24.3 Å². The number of nitrogens with zero attached hydrogens (tertiary/aromatic N) is 1. The van der Waals surface area contributed by atoms with Crippen LogP contribution in [-0.2, 0) is 6.42 Å². The highest BCUT2D eigenvalue weighted by atomic mass is 16.3. The molecule has 1 aromatic carbocycles. The predicted octanol–water partition coefficient (Wildman–Crippen LogP) is 0.428. The van der Waals surface area contributed by atoms with Crippen LogP contribution >= 0.6 is 0 Å². The minimum Gasteiger partial charge on any atom is -0.394 e. The smallest absolute Gasteiger partial charge is 0.254 e. The molecule has 17 heavy (non-hydrogen) atoms. The molecule has 0 saturated carbocycles. The second-order valence-electron chi connectivity index (χ2n) is 4.68. The molecular weight excluding hydrogens is 218 g/mol. The molecule has 1 aliphatic heterocycles. The Labute approximate surface area is 100 Å². The first-order valence-electron chi connectivity index (χ1n) is 5.74. The number of amides is 1. The van der Waals surface area contributed by atoms with Crippen molar-refractivity contribution in [2.24, 2.45) is 0 Å². The predicted molar refractivity (Wildman–Crippen MR) is 63.8 cm³/mol. The summed E-state index contributed by atoms with van der Waals surface area (Å²) < 4.78 is 0. The van der Waals surface area contributed by atoms with Crippen LogP contribution in [0.25, 0.3) is 0 Å². The van der Waals surface area contributed by atoms with Gasteiger partial charge in [0, 0.05) is 12.1 Å². The van der Waals surface area contributed by atoms with E-state index in [1.165, 1.54) is 0 Å². The maximum Gasteiger partial charge on any atom is 0.254 e. The molecule has 1 heterocycles. The van der Waals surface area contributed by atoms with Gasteiger partial charge in [-0.3, -0.25) is 4.79 Å². The van der Waals surface area contributed by atoms with E-state index >= 15 is 0 Å². The number of aliphatic hydroxyl groups excluding tert-OH is 2. The average molecular weight is 235 g/mol. The summed E-state index contributed by atoms with van der Waals surface area (Å²) in [5.41, 5.74) is 0.823. The van der Waals surface area contributed by atoms with Crippen molar-refractivity contribution in [1.29, 1.82) is 0 Å². The Balaban J connectivity index is 2.35. The zero-order valence-corrected chi connectivity index (χ0v) is 9.89. The average Bonchev–Trinajstić information content (AvgIpc) is 2.38. The zero-order chi connectivity index (χ0) is 12.5. The minimum absolute atomic E-state index is 0.113. The van der Waals surface area contributed by atoms with Crippen molar-refractivity contribution in [3.8, 4) is 0 Å². The van der Waals surface area contributed by atoms with E-state index in [9.17, 15) is 15.0 Å². The second-order valence-corrected chi connectivity index (χ2v) is 4.68. The Kier molecular flexibility index (Phi) is 3.17. The van der Waals surface area contributed by atoms with Crippen molar-refractivity contribution in [3.05, 3.63) is 35.4 Å². The van der Waals surface area contributed by atoms with E-state index in [4.69, 9.17) is 0 Å². The van der Waals surface area contributed by atoms with Crippen LogP contribution in [0.4, 0.5) is 0 Å². The molecule has 0 fully saturated rings. The monoisotopic (exact) mass is 235 g/mol. The van der Waals surface area contributed by atoms with Crippen molar-refractivity contribution in [3.63, 3.8) is 0 Å². The molecule has 0 radical (unpaired) electrons. The molecule has 4 heteroatoms. The molecule has 0 bridgehead atoms. The lowest BCUT2D eigenvalue weighted by Gasteiger charge is -2.41. The van der Waals surface area contributed by atoms with E-state index in [1.54, 1.807) is 17.9 Å². The van der Waals surface area contributed by atoms with E-state index in [1.807, 2.05) is 18.2 Å². The fourth-order valence-electron chi connectivity index (χ4n) is 2.16. The first-order valence-corrected chi connectivity index (χ1v) is 5.74. The Morgan fingerprint density at radius 2 is 1.94 bits per heavy atom. The fraction of sp³-hybridized carbons (Fsp3) is 0.462. The van der Waals surface area contributed by atoms with Crippen molar-refractivity contribution in [2.45, 2.75) is 18.9 Å². The molecule has 0 saturated heterocycles. The summed E-state index contributed by atoms with van der Waals surface area (Å²) in [5, 5.41) is 18.7. The van der Waals surface area contributed by atoms with E-state index in [0.717, 1.165) is 12.0 Å². The molecule has 1 aromatic rings. The number of carbonyl (C=O) groups is 1. The largest absolute Gasteiger partial charge is 0.394 e. The van der Waals surface area contributed by atoms with Crippen molar-refractivity contribution in [1.82, 2.24) is 4.90 Å². The number of fused-ring (bicyclic) bond motifs is 1. The number of aliphatic hydroxyl groups is 2. The third-order valence-corrected chi connectivity index (χ3v) is 3.43. The number of hydrogen-bond donors (Lipinski definition) is 2. The minimum atomic E-state index is -0.884. The lowest BCUT2D eigenvalue weighted by Crippen LogP contribution is -2.57. The molecule has 0 aromatic heterocycles. The van der Waals surface area contributed by atoms with Gasteiger partial charge in [0.05, 0.1) is 18.8 Å². The summed E-state index contributed by atoms with van der Waals surface area (Å²) in [6.07, 6.45) is 0.761. The van der Waals surface area contributed by atoms with Crippen LogP contribution in [0.3, 0.4) is 0 Å². The summed E-state index contributed by atoms with van der Waals surface area (Å²) in [5.74, 6) is -0.113. The van der Waals surface area contributed by atoms with Gasteiger partial charge in [-0.05, 0) is 25.0 Å². The summed E-state index contributed by atoms with van der Waals surface area (Å²) in [6, 6.07) is 7.48. The van der Waals surface area contributed by atoms with Gasteiger partial charge in [-0.2, -0.15) is 0 Å². The van der Waals surface area contributed by atoms with Gasteiger partial charge in [0.1, 0.15) is 0 Å². The third-order valence-electron chi connectivity index (χ3n) is 3.43. The molecule has 0 aliphatic carbocycles. The van der Waals surface area contributed by atoms with Gasteiger partial charge in [0.25, 0.3) is 5.91 Å². The van der Waals surface area contributed by atoms with Crippen LogP contribution in [0.5, 0.6) is 0 Å². The Bertz CT molecular complexity index is 426. The molecule has 1 amide bonds. The van der Waals surface area contributed by atoms with Gasteiger partial charge in [-0.1, -0.05) is 18.2 Å². The van der Waals surface area contributed by atoms with Gasteiger partial charge in [0.2, 0.25) is 0 Å². The first kappa shape index (κ1) is 12.1. The summed E-state index contributed by atoms with van der Waals surface area (Å²) >= 11 is 0.